The Hall–Kier alpha value is -1.24. The highest BCUT2D eigenvalue weighted by molar-refractivity contribution is 5.35. The minimum atomic E-state index is -4.84. The first kappa shape index (κ1) is 14.8. The maximum atomic E-state index is 12.6. The molecule has 0 radical (unpaired) electrons. The van der Waals surface area contributed by atoms with Crippen LogP contribution in [0.4, 0.5) is 26.3 Å². The molecule has 18 heavy (non-hydrogen) atoms. The highest BCUT2D eigenvalue weighted by Crippen LogP contribution is 2.37. The van der Waals surface area contributed by atoms with E-state index in [2.05, 4.69) is 0 Å². The third-order valence-electron chi connectivity index (χ3n) is 2.20. The van der Waals surface area contributed by atoms with E-state index < -0.39 is 23.5 Å². The zero-order valence-corrected chi connectivity index (χ0v) is 9.32. The van der Waals surface area contributed by atoms with Crippen molar-refractivity contribution in [2.24, 2.45) is 0 Å². The first-order valence-corrected chi connectivity index (χ1v) is 5.01. The van der Waals surface area contributed by atoms with E-state index in [1.54, 1.807) is 6.92 Å². The van der Waals surface area contributed by atoms with Gasteiger partial charge in [0.25, 0.3) is 0 Å². The van der Waals surface area contributed by atoms with Crippen molar-refractivity contribution in [3.8, 4) is 0 Å². The average molecular weight is 272 g/mol. The SMILES string of the molecule is CCOCc1ccc(C(F)(F)F)cc1C(F)(F)F. The molecule has 1 aromatic rings. The largest absolute Gasteiger partial charge is 0.416 e. The minimum Gasteiger partial charge on any atom is -0.377 e. The number of hydrogen-bond donors (Lipinski definition) is 0. The highest BCUT2D eigenvalue weighted by Gasteiger charge is 2.37. The van der Waals surface area contributed by atoms with Gasteiger partial charge in [0.05, 0.1) is 17.7 Å². The number of alkyl halides is 6. The second kappa shape index (κ2) is 5.17. The molecular weight excluding hydrogens is 262 g/mol. The Morgan fingerprint density at radius 2 is 1.61 bits per heavy atom. The van der Waals surface area contributed by atoms with E-state index in [1.807, 2.05) is 0 Å². The minimum absolute atomic E-state index is 0.106. The molecule has 7 heteroatoms. The van der Waals surface area contributed by atoms with Gasteiger partial charge in [0.2, 0.25) is 0 Å². The molecule has 0 spiro atoms. The summed E-state index contributed by atoms with van der Waals surface area (Å²) in [6.45, 7) is 1.39. The van der Waals surface area contributed by atoms with E-state index >= 15 is 0 Å². The van der Waals surface area contributed by atoms with Crippen LogP contribution >= 0.6 is 0 Å². The van der Waals surface area contributed by atoms with Crippen molar-refractivity contribution in [1.82, 2.24) is 0 Å². The van der Waals surface area contributed by atoms with Gasteiger partial charge in [0.1, 0.15) is 0 Å². The lowest BCUT2D eigenvalue weighted by molar-refractivity contribution is -0.143. The molecule has 0 atom stereocenters. The van der Waals surface area contributed by atoms with Crippen LogP contribution in [-0.2, 0) is 23.7 Å². The van der Waals surface area contributed by atoms with E-state index in [1.165, 1.54) is 0 Å². The summed E-state index contributed by atoms with van der Waals surface area (Å²) in [5.41, 5.74) is -2.95. The number of halogens is 6. The molecule has 0 unspecified atom stereocenters. The van der Waals surface area contributed by atoms with Gasteiger partial charge in [-0.15, -0.1) is 0 Å². The lowest BCUT2D eigenvalue weighted by atomic mass is 10.0. The average Bonchev–Trinajstić information content (AvgIpc) is 2.23. The maximum absolute atomic E-state index is 12.6. The van der Waals surface area contributed by atoms with Crippen LogP contribution in [0, 0.1) is 0 Å². The summed E-state index contributed by atoms with van der Waals surface area (Å²) in [6.07, 6.45) is -9.64. The van der Waals surface area contributed by atoms with Gasteiger partial charge >= 0.3 is 12.4 Å². The first-order chi connectivity index (χ1) is 8.16. The van der Waals surface area contributed by atoms with Crippen LogP contribution in [0.5, 0.6) is 0 Å². The zero-order chi connectivity index (χ0) is 14.0. The lowest BCUT2D eigenvalue weighted by Crippen LogP contribution is -2.14. The maximum Gasteiger partial charge on any atom is 0.416 e. The monoisotopic (exact) mass is 272 g/mol. The quantitative estimate of drug-likeness (QED) is 0.747. The molecular formula is C11H10F6O. The van der Waals surface area contributed by atoms with Gasteiger partial charge in [-0.3, -0.25) is 0 Å². The summed E-state index contributed by atoms with van der Waals surface area (Å²) in [4.78, 5) is 0. The molecule has 0 aliphatic carbocycles. The molecule has 0 amide bonds. The van der Waals surface area contributed by atoms with Crippen molar-refractivity contribution in [2.75, 3.05) is 6.61 Å². The van der Waals surface area contributed by atoms with Gasteiger partial charge in [0.15, 0.2) is 0 Å². The standard InChI is InChI=1S/C11H10F6O/c1-2-18-6-7-3-4-8(10(12,13)14)5-9(7)11(15,16)17/h3-5H,2,6H2,1H3. The van der Waals surface area contributed by atoms with Gasteiger partial charge < -0.3 is 4.74 Å². The smallest absolute Gasteiger partial charge is 0.377 e. The Balaban J connectivity index is 3.21. The Morgan fingerprint density at radius 3 is 2.06 bits per heavy atom. The van der Waals surface area contributed by atoms with E-state index in [0.717, 1.165) is 6.07 Å². The Bertz CT molecular complexity index is 407. The number of benzene rings is 1. The fraction of sp³-hybridized carbons (Fsp3) is 0.455. The summed E-state index contributed by atoms with van der Waals surface area (Å²) in [5, 5.41) is 0. The van der Waals surface area contributed by atoms with Crippen LogP contribution in [0.3, 0.4) is 0 Å². The summed E-state index contributed by atoms with van der Waals surface area (Å²) in [7, 11) is 0. The Labute approximate surface area is 99.4 Å². The molecule has 0 saturated heterocycles. The molecule has 0 bridgehead atoms. The third-order valence-corrected chi connectivity index (χ3v) is 2.20. The predicted octanol–water partition coefficient (Wildman–Crippen LogP) is 4.26. The Morgan fingerprint density at radius 1 is 1.00 bits per heavy atom. The molecule has 102 valence electrons. The van der Waals surface area contributed by atoms with Crippen LogP contribution in [0.15, 0.2) is 18.2 Å². The van der Waals surface area contributed by atoms with Crippen LogP contribution in [0.25, 0.3) is 0 Å². The van der Waals surface area contributed by atoms with Crippen molar-refractivity contribution in [2.45, 2.75) is 25.9 Å². The van der Waals surface area contributed by atoms with E-state index in [-0.39, 0.29) is 24.8 Å². The van der Waals surface area contributed by atoms with Crippen molar-refractivity contribution in [3.05, 3.63) is 34.9 Å². The fourth-order valence-electron chi connectivity index (χ4n) is 1.35. The molecule has 1 rings (SSSR count). The van der Waals surface area contributed by atoms with Crippen molar-refractivity contribution in [1.29, 1.82) is 0 Å². The molecule has 0 N–H and O–H groups in total. The summed E-state index contributed by atoms with van der Waals surface area (Å²) in [5.74, 6) is 0. The molecule has 0 saturated carbocycles. The number of hydrogen-bond acceptors (Lipinski definition) is 1. The van der Waals surface area contributed by atoms with Gasteiger partial charge in [-0.2, -0.15) is 26.3 Å². The van der Waals surface area contributed by atoms with Gasteiger partial charge in [-0.05, 0) is 24.6 Å². The van der Waals surface area contributed by atoms with Crippen LogP contribution < -0.4 is 0 Å². The van der Waals surface area contributed by atoms with E-state index in [4.69, 9.17) is 4.74 Å². The van der Waals surface area contributed by atoms with E-state index in [0.29, 0.717) is 6.07 Å². The fourth-order valence-corrected chi connectivity index (χ4v) is 1.35. The van der Waals surface area contributed by atoms with Gasteiger partial charge in [0, 0.05) is 6.61 Å². The van der Waals surface area contributed by atoms with Crippen LogP contribution in [-0.4, -0.2) is 6.61 Å². The predicted molar refractivity (Wildman–Crippen MR) is 51.8 cm³/mol. The van der Waals surface area contributed by atoms with Crippen molar-refractivity contribution < 1.29 is 31.1 Å². The first-order valence-electron chi connectivity index (χ1n) is 5.01. The molecule has 0 heterocycles. The highest BCUT2D eigenvalue weighted by atomic mass is 19.4. The molecule has 0 aromatic heterocycles. The Kier molecular flexibility index (Phi) is 4.26. The molecule has 0 aliphatic heterocycles. The summed E-state index contributed by atoms with van der Waals surface area (Å²) < 4.78 is 79.7. The van der Waals surface area contributed by atoms with E-state index in [9.17, 15) is 26.3 Å². The number of ether oxygens (including phenoxy) is 1. The molecule has 0 fully saturated rings. The second-order valence-corrected chi connectivity index (χ2v) is 3.50. The van der Waals surface area contributed by atoms with Crippen LogP contribution in [0.2, 0.25) is 0 Å². The molecule has 1 nitrogen and oxygen atoms in total. The second-order valence-electron chi connectivity index (χ2n) is 3.50. The number of rotatable bonds is 3. The third kappa shape index (κ3) is 3.63. The molecule has 0 aliphatic rings. The topological polar surface area (TPSA) is 9.23 Å². The summed E-state index contributed by atoms with van der Waals surface area (Å²) in [6, 6.07) is 1.51. The van der Waals surface area contributed by atoms with Crippen LogP contribution in [0.1, 0.15) is 23.6 Å². The normalized spacial score (nSPS) is 12.8. The summed E-state index contributed by atoms with van der Waals surface area (Å²) >= 11 is 0. The van der Waals surface area contributed by atoms with Gasteiger partial charge in [-0.25, -0.2) is 0 Å². The molecule has 1 aromatic carbocycles. The zero-order valence-electron chi connectivity index (χ0n) is 9.32. The van der Waals surface area contributed by atoms with Crippen molar-refractivity contribution >= 4 is 0 Å². The van der Waals surface area contributed by atoms with Gasteiger partial charge in [-0.1, -0.05) is 6.07 Å². The lowest BCUT2D eigenvalue weighted by Gasteiger charge is -2.15. The van der Waals surface area contributed by atoms with Crippen molar-refractivity contribution in [3.63, 3.8) is 0 Å².